The number of halogens is 2. The van der Waals surface area contributed by atoms with Crippen LogP contribution in [0.15, 0.2) is 0 Å². The Morgan fingerprint density at radius 3 is 2.36 bits per heavy atom. The first-order valence-corrected chi connectivity index (χ1v) is 12.8. The van der Waals surface area contributed by atoms with Gasteiger partial charge in [-0.1, -0.05) is 0 Å². The lowest BCUT2D eigenvalue weighted by Gasteiger charge is -2.60. The van der Waals surface area contributed by atoms with Crippen molar-refractivity contribution in [2.24, 2.45) is 17.3 Å². The van der Waals surface area contributed by atoms with Gasteiger partial charge in [0.15, 0.2) is 0 Å². The van der Waals surface area contributed by atoms with Gasteiger partial charge in [-0.25, -0.2) is 9.59 Å². The fraction of sp³-hybridized carbons (Fsp3) is 0.905. The van der Waals surface area contributed by atoms with Crippen molar-refractivity contribution < 1.29 is 45.6 Å². The number of hydrogen-bond acceptors (Lipinski definition) is 8. The summed E-state index contributed by atoms with van der Waals surface area (Å²) in [5, 5.41) is -5.03. The number of ether oxygens (including phenoxy) is 3. The highest BCUT2D eigenvalue weighted by molar-refractivity contribution is 7.87. The number of likely N-dealkylation sites (tertiary alicyclic amines) is 1. The Hall–Kier alpha value is -1.53. The maximum absolute atomic E-state index is 13.6. The zero-order chi connectivity index (χ0) is 24.2. The fourth-order valence-electron chi connectivity index (χ4n) is 6.72. The van der Waals surface area contributed by atoms with Crippen LogP contribution in [0, 0.1) is 17.3 Å². The van der Waals surface area contributed by atoms with Crippen LogP contribution >= 0.6 is 0 Å². The van der Waals surface area contributed by atoms with Gasteiger partial charge in [-0.3, -0.25) is 9.45 Å². The number of esters is 1. The summed E-state index contributed by atoms with van der Waals surface area (Å²) in [6, 6.07) is 0.355. The Bertz CT molecular complexity index is 894. The normalized spacial score (nSPS) is 36.2. The van der Waals surface area contributed by atoms with Gasteiger partial charge in [0.1, 0.15) is 11.7 Å². The Kier molecular flexibility index (Phi) is 6.18. The molecule has 0 spiro atoms. The summed E-state index contributed by atoms with van der Waals surface area (Å²) < 4.78 is 73.6. The largest absolute Gasteiger partial charge is 0.509 e. The molecule has 0 radical (unpaired) electrons. The first kappa shape index (κ1) is 24.6. The lowest BCUT2D eigenvalue weighted by Crippen LogP contribution is -2.59. The molecule has 5 aliphatic rings. The minimum absolute atomic E-state index is 0.183. The molecule has 0 amide bonds. The van der Waals surface area contributed by atoms with Gasteiger partial charge in [0.25, 0.3) is 0 Å². The van der Waals surface area contributed by atoms with Crippen molar-refractivity contribution in [1.29, 1.82) is 0 Å². The molecule has 33 heavy (non-hydrogen) atoms. The van der Waals surface area contributed by atoms with E-state index < -0.39 is 45.1 Å². The van der Waals surface area contributed by atoms with E-state index in [-0.39, 0.29) is 17.9 Å². The van der Waals surface area contributed by atoms with E-state index in [1.54, 1.807) is 0 Å². The summed E-state index contributed by atoms with van der Waals surface area (Å²) in [6.07, 6.45) is 3.49. The maximum Gasteiger partial charge on any atom is 0.509 e. The topological polar surface area (TPSA) is 119 Å². The van der Waals surface area contributed by atoms with Crippen molar-refractivity contribution in [1.82, 2.24) is 4.90 Å². The number of carbonyl (C=O) groups is 2. The molecule has 4 saturated carbocycles. The molecule has 4 aliphatic carbocycles. The highest BCUT2D eigenvalue weighted by atomic mass is 32.2. The molecule has 5 fully saturated rings. The van der Waals surface area contributed by atoms with Crippen LogP contribution in [0.4, 0.5) is 13.6 Å². The SMILES string of the molecule is CC(C)N1CCC(OC(=O)OC23CC4CC(CC(COC(=O)C(F)(F)S(=O)(=O)O)(C4)C2)C3)C1. The molecule has 0 aromatic rings. The van der Waals surface area contributed by atoms with Crippen LogP contribution in [-0.2, 0) is 29.1 Å². The maximum atomic E-state index is 13.6. The van der Waals surface area contributed by atoms with Crippen molar-refractivity contribution in [3.63, 3.8) is 0 Å². The Balaban J connectivity index is 1.39. The summed E-state index contributed by atoms with van der Waals surface area (Å²) in [5.74, 6) is -1.93. The van der Waals surface area contributed by atoms with Crippen LogP contribution in [0.5, 0.6) is 0 Å². The lowest BCUT2D eigenvalue weighted by molar-refractivity contribution is -0.199. The summed E-state index contributed by atoms with van der Waals surface area (Å²) in [5.41, 5.74) is -1.49. The summed E-state index contributed by atoms with van der Waals surface area (Å²) in [7, 11) is -5.93. The Labute approximate surface area is 191 Å². The third-order valence-corrected chi connectivity index (χ3v) is 8.48. The molecule has 4 bridgehead atoms. The average Bonchev–Trinajstić information content (AvgIpc) is 3.12. The van der Waals surface area contributed by atoms with Crippen LogP contribution in [0.1, 0.15) is 58.8 Å². The fourth-order valence-corrected chi connectivity index (χ4v) is 6.99. The van der Waals surface area contributed by atoms with E-state index >= 15 is 0 Å². The molecule has 1 saturated heterocycles. The van der Waals surface area contributed by atoms with Gasteiger partial charge in [0.2, 0.25) is 0 Å². The number of rotatable bonds is 7. The minimum atomic E-state index is -5.93. The van der Waals surface area contributed by atoms with Gasteiger partial charge < -0.3 is 14.2 Å². The number of hydrogen-bond donors (Lipinski definition) is 1. The third kappa shape index (κ3) is 4.84. The smallest absolute Gasteiger partial charge is 0.460 e. The van der Waals surface area contributed by atoms with Gasteiger partial charge in [0.05, 0.1) is 6.61 Å². The van der Waals surface area contributed by atoms with Crippen molar-refractivity contribution >= 4 is 22.2 Å². The molecule has 1 heterocycles. The van der Waals surface area contributed by atoms with E-state index in [0.717, 1.165) is 19.4 Å². The molecule has 5 rings (SSSR count). The molecule has 188 valence electrons. The second-order valence-electron chi connectivity index (χ2n) is 10.7. The van der Waals surface area contributed by atoms with E-state index in [1.807, 2.05) is 0 Å². The van der Waals surface area contributed by atoms with E-state index in [4.69, 9.17) is 18.8 Å². The van der Waals surface area contributed by atoms with Crippen LogP contribution in [-0.4, -0.2) is 72.7 Å². The standard InChI is InChI=1S/C21H31F2NO8S/c1-13(2)24-4-3-16(10-24)31-18(26)32-20-8-14-5-15(9-20)7-19(6-14,11-20)12-30-17(25)21(22,23)33(27,28)29/h13-16H,3-12H2,1-2H3,(H,27,28,29). The highest BCUT2D eigenvalue weighted by Crippen LogP contribution is 2.63. The van der Waals surface area contributed by atoms with E-state index in [1.165, 1.54) is 0 Å². The van der Waals surface area contributed by atoms with Crippen LogP contribution in [0.25, 0.3) is 0 Å². The molecule has 12 heteroatoms. The summed E-state index contributed by atoms with van der Waals surface area (Å²) >= 11 is 0. The van der Waals surface area contributed by atoms with Gasteiger partial charge in [-0.05, 0) is 70.6 Å². The molecule has 0 aromatic heterocycles. The molecular weight excluding hydrogens is 464 g/mol. The molecular formula is C21H31F2NO8S. The van der Waals surface area contributed by atoms with Gasteiger partial charge in [-0.2, -0.15) is 17.2 Å². The number of alkyl halides is 2. The summed E-state index contributed by atoms with van der Waals surface area (Å²) in [6.45, 7) is 5.22. The molecule has 0 aromatic carbocycles. The van der Waals surface area contributed by atoms with Crippen molar-refractivity contribution in [3.8, 4) is 0 Å². The van der Waals surface area contributed by atoms with E-state index in [9.17, 15) is 26.8 Å². The predicted octanol–water partition coefficient (Wildman–Crippen LogP) is 2.99. The molecule has 3 unspecified atom stereocenters. The second kappa shape index (κ2) is 8.30. The second-order valence-corrected chi connectivity index (χ2v) is 12.1. The minimum Gasteiger partial charge on any atom is -0.460 e. The van der Waals surface area contributed by atoms with Crippen molar-refractivity contribution in [2.45, 2.75) is 81.8 Å². The Morgan fingerprint density at radius 1 is 1.18 bits per heavy atom. The van der Waals surface area contributed by atoms with Crippen LogP contribution in [0.3, 0.4) is 0 Å². The first-order chi connectivity index (χ1) is 15.2. The van der Waals surface area contributed by atoms with Gasteiger partial charge in [-0.15, -0.1) is 0 Å². The quantitative estimate of drug-likeness (QED) is 0.420. The average molecular weight is 496 g/mol. The number of nitrogens with zero attached hydrogens (tertiary/aromatic N) is 1. The van der Waals surface area contributed by atoms with Crippen LogP contribution in [0.2, 0.25) is 0 Å². The monoisotopic (exact) mass is 495 g/mol. The molecule has 3 atom stereocenters. The molecule has 9 nitrogen and oxygen atoms in total. The number of carbonyl (C=O) groups excluding carboxylic acids is 2. The summed E-state index contributed by atoms with van der Waals surface area (Å²) in [4.78, 5) is 26.6. The zero-order valence-electron chi connectivity index (χ0n) is 18.8. The lowest BCUT2D eigenvalue weighted by atomic mass is 9.48. The highest BCUT2D eigenvalue weighted by Gasteiger charge is 2.61. The van der Waals surface area contributed by atoms with Crippen LogP contribution < -0.4 is 0 Å². The third-order valence-electron chi connectivity index (χ3n) is 7.67. The first-order valence-electron chi connectivity index (χ1n) is 11.4. The Morgan fingerprint density at radius 2 is 1.82 bits per heavy atom. The predicted molar refractivity (Wildman–Crippen MR) is 110 cm³/mol. The van der Waals surface area contributed by atoms with E-state index in [0.29, 0.717) is 44.7 Å². The zero-order valence-corrected chi connectivity index (χ0v) is 19.6. The van der Waals surface area contributed by atoms with Crippen molar-refractivity contribution in [3.05, 3.63) is 0 Å². The van der Waals surface area contributed by atoms with Gasteiger partial charge in [0, 0.05) is 24.5 Å². The van der Waals surface area contributed by atoms with Crippen molar-refractivity contribution in [2.75, 3.05) is 19.7 Å². The van der Waals surface area contributed by atoms with Gasteiger partial charge >= 0.3 is 27.5 Å². The van der Waals surface area contributed by atoms with E-state index in [2.05, 4.69) is 18.7 Å². The molecule has 1 N–H and O–H groups in total. The molecule has 1 aliphatic heterocycles.